The van der Waals surface area contributed by atoms with Gasteiger partial charge in [-0.3, -0.25) is 9.59 Å². The molecule has 1 aromatic heterocycles. The minimum Gasteiger partial charge on any atom is -0.441 e. The molecule has 0 bridgehead atoms. The zero-order chi connectivity index (χ0) is 23.2. The van der Waals surface area contributed by atoms with E-state index in [-0.39, 0.29) is 18.4 Å². The Bertz CT molecular complexity index is 1140. The van der Waals surface area contributed by atoms with Crippen molar-refractivity contribution in [1.29, 1.82) is 0 Å². The van der Waals surface area contributed by atoms with Crippen molar-refractivity contribution in [1.82, 2.24) is 10.3 Å². The monoisotopic (exact) mass is 463 g/mol. The summed E-state index contributed by atoms with van der Waals surface area (Å²) < 4.78 is 5.92. The number of carbonyl (C=O) groups is 2. The predicted molar refractivity (Wildman–Crippen MR) is 131 cm³/mol. The lowest BCUT2D eigenvalue weighted by molar-refractivity contribution is -0.117. The molecule has 4 rings (SSSR count). The lowest BCUT2D eigenvalue weighted by Crippen LogP contribution is -2.23. The summed E-state index contributed by atoms with van der Waals surface area (Å²) in [6.07, 6.45) is 7.19. The van der Waals surface area contributed by atoms with Crippen LogP contribution in [0, 0.1) is 12.8 Å². The van der Waals surface area contributed by atoms with Crippen LogP contribution in [0.4, 0.5) is 5.69 Å². The largest absolute Gasteiger partial charge is 0.441 e. The minimum atomic E-state index is -0.150. The maximum atomic E-state index is 12.7. The highest BCUT2D eigenvalue weighted by Crippen LogP contribution is 2.31. The number of hydrogen-bond donors (Lipinski definition) is 2. The second kappa shape index (κ2) is 10.7. The Morgan fingerprint density at radius 1 is 1.09 bits per heavy atom. The molecule has 6 nitrogen and oxygen atoms in total. The van der Waals surface area contributed by atoms with Gasteiger partial charge in [-0.05, 0) is 56.2 Å². The van der Waals surface area contributed by atoms with Crippen LogP contribution in [0.5, 0.6) is 0 Å². The van der Waals surface area contributed by atoms with E-state index in [1.54, 1.807) is 0 Å². The first-order chi connectivity index (χ1) is 16.0. The lowest BCUT2D eigenvalue weighted by atomic mass is 10.0. The van der Waals surface area contributed by atoms with Gasteiger partial charge in [0.2, 0.25) is 11.8 Å². The fourth-order valence-corrected chi connectivity index (χ4v) is 4.85. The number of carbonyl (C=O) groups excluding carboxylic acids is 2. The van der Waals surface area contributed by atoms with Gasteiger partial charge in [-0.2, -0.15) is 0 Å². The molecular weight excluding hydrogens is 434 g/mol. The molecule has 1 aliphatic carbocycles. The SMILES string of the molecule is CSc1ccccc1C(=O)NCc1nc(-c2ccccc2NC(=O)CC2CCCC2)oc1C. The third-order valence-corrected chi connectivity index (χ3v) is 6.84. The summed E-state index contributed by atoms with van der Waals surface area (Å²) in [4.78, 5) is 30.8. The summed E-state index contributed by atoms with van der Waals surface area (Å²) >= 11 is 1.54. The van der Waals surface area contributed by atoms with Crippen molar-refractivity contribution in [3.8, 4) is 11.5 Å². The minimum absolute atomic E-state index is 0.0255. The van der Waals surface area contributed by atoms with Gasteiger partial charge < -0.3 is 15.1 Å². The van der Waals surface area contributed by atoms with Crippen molar-refractivity contribution in [2.24, 2.45) is 5.92 Å². The van der Waals surface area contributed by atoms with E-state index in [4.69, 9.17) is 4.42 Å². The second-order valence-electron chi connectivity index (χ2n) is 8.35. The Morgan fingerprint density at radius 2 is 1.82 bits per heavy atom. The fourth-order valence-electron chi connectivity index (χ4n) is 4.26. The van der Waals surface area contributed by atoms with Gasteiger partial charge in [-0.25, -0.2) is 4.98 Å². The number of thioether (sulfide) groups is 1. The van der Waals surface area contributed by atoms with Crippen molar-refractivity contribution in [3.05, 3.63) is 65.5 Å². The van der Waals surface area contributed by atoms with Crippen molar-refractivity contribution in [3.63, 3.8) is 0 Å². The molecule has 1 aliphatic rings. The molecule has 0 aliphatic heterocycles. The summed E-state index contributed by atoms with van der Waals surface area (Å²) in [7, 11) is 0. The number of aryl methyl sites for hydroxylation is 1. The van der Waals surface area contributed by atoms with E-state index in [2.05, 4.69) is 15.6 Å². The van der Waals surface area contributed by atoms with Crippen molar-refractivity contribution in [2.75, 3.05) is 11.6 Å². The van der Waals surface area contributed by atoms with Crippen LogP contribution in [0.2, 0.25) is 0 Å². The number of hydrogen-bond acceptors (Lipinski definition) is 5. The Balaban J connectivity index is 1.46. The first-order valence-electron chi connectivity index (χ1n) is 11.3. The average molecular weight is 464 g/mol. The molecule has 1 heterocycles. The first kappa shape index (κ1) is 23.1. The summed E-state index contributed by atoms with van der Waals surface area (Å²) in [5, 5.41) is 5.98. The molecular formula is C26H29N3O3S. The molecule has 33 heavy (non-hydrogen) atoms. The van der Waals surface area contributed by atoms with Gasteiger partial charge >= 0.3 is 0 Å². The fraction of sp³-hybridized carbons (Fsp3) is 0.346. The van der Waals surface area contributed by atoms with Crippen molar-refractivity contribution >= 4 is 29.3 Å². The maximum Gasteiger partial charge on any atom is 0.252 e. The molecule has 2 aromatic carbocycles. The standard InChI is InChI=1S/C26H29N3O3S/c1-17-22(16-27-25(31)20-12-6-8-14-23(20)33-2)29-26(32-17)19-11-5-7-13-21(19)28-24(30)15-18-9-3-4-10-18/h5-8,11-14,18H,3-4,9-10,15-16H2,1-2H3,(H,27,31)(H,28,30). The highest BCUT2D eigenvalue weighted by molar-refractivity contribution is 7.98. The quantitative estimate of drug-likeness (QED) is 0.411. The zero-order valence-corrected chi connectivity index (χ0v) is 19.8. The number of nitrogens with one attached hydrogen (secondary N) is 2. The number of anilines is 1. The van der Waals surface area contributed by atoms with Crippen LogP contribution in [0.15, 0.2) is 57.8 Å². The smallest absolute Gasteiger partial charge is 0.252 e. The summed E-state index contributed by atoms with van der Waals surface area (Å²) in [6, 6.07) is 15.0. The Hall–Kier alpha value is -3.06. The molecule has 0 unspecified atom stereocenters. The van der Waals surface area contributed by atoms with E-state index in [0.717, 1.165) is 23.3 Å². The van der Waals surface area contributed by atoms with Gasteiger partial charge in [-0.1, -0.05) is 37.1 Å². The molecule has 2 N–H and O–H groups in total. The average Bonchev–Trinajstić information content (AvgIpc) is 3.47. The van der Waals surface area contributed by atoms with Gasteiger partial charge in [0.25, 0.3) is 5.91 Å². The Kier molecular flexibility index (Phi) is 7.50. The number of rotatable bonds is 8. The topological polar surface area (TPSA) is 84.2 Å². The number of aromatic nitrogens is 1. The molecule has 0 spiro atoms. The number of amides is 2. The first-order valence-corrected chi connectivity index (χ1v) is 12.5. The van der Waals surface area contributed by atoms with E-state index in [0.29, 0.717) is 40.9 Å². The Labute approximate surface area is 198 Å². The molecule has 0 radical (unpaired) electrons. The van der Waals surface area contributed by atoms with E-state index in [9.17, 15) is 9.59 Å². The lowest BCUT2D eigenvalue weighted by Gasteiger charge is -2.11. The van der Waals surface area contributed by atoms with Crippen LogP contribution in [0.25, 0.3) is 11.5 Å². The number of oxazole rings is 1. The summed E-state index contributed by atoms with van der Waals surface area (Å²) in [5.74, 6) is 1.42. The second-order valence-corrected chi connectivity index (χ2v) is 9.20. The summed E-state index contributed by atoms with van der Waals surface area (Å²) in [6.45, 7) is 2.09. The number of nitrogens with zero attached hydrogens (tertiary/aromatic N) is 1. The molecule has 172 valence electrons. The molecule has 7 heteroatoms. The van der Waals surface area contributed by atoms with E-state index in [1.165, 1.54) is 24.6 Å². The van der Waals surface area contributed by atoms with E-state index < -0.39 is 0 Å². The van der Waals surface area contributed by atoms with Crippen LogP contribution in [-0.4, -0.2) is 23.1 Å². The van der Waals surface area contributed by atoms with Gasteiger partial charge in [-0.15, -0.1) is 11.8 Å². The third kappa shape index (κ3) is 5.66. The number of para-hydroxylation sites is 1. The molecule has 1 saturated carbocycles. The highest BCUT2D eigenvalue weighted by Gasteiger charge is 2.21. The molecule has 1 fully saturated rings. The van der Waals surface area contributed by atoms with Crippen LogP contribution >= 0.6 is 11.8 Å². The molecule has 0 atom stereocenters. The highest BCUT2D eigenvalue weighted by atomic mass is 32.2. The van der Waals surface area contributed by atoms with Crippen LogP contribution in [0.1, 0.15) is 53.9 Å². The Morgan fingerprint density at radius 3 is 2.61 bits per heavy atom. The predicted octanol–water partition coefficient (Wildman–Crippen LogP) is 5.82. The van der Waals surface area contributed by atoms with Crippen LogP contribution in [0.3, 0.4) is 0 Å². The van der Waals surface area contributed by atoms with Crippen LogP contribution < -0.4 is 10.6 Å². The van der Waals surface area contributed by atoms with Crippen LogP contribution in [-0.2, 0) is 11.3 Å². The maximum absolute atomic E-state index is 12.7. The van der Waals surface area contributed by atoms with Gasteiger partial charge in [0.1, 0.15) is 11.5 Å². The van der Waals surface area contributed by atoms with Gasteiger partial charge in [0.15, 0.2) is 0 Å². The molecule has 3 aromatic rings. The normalized spacial score (nSPS) is 13.8. The molecule has 0 saturated heterocycles. The number of benzene rings is 2. The van der Waals surface area contributed by atoms with Crippen molar-refractivity contribution in [2.45, 2.75) is 50.5 Å². The van der Waals surface area contributed by atoms with E-state index >= 15 is 0 Å². The van der Waals surface area contributed by atoms with Gasteiger partial charge in [0.05, 0.1) is 23.4 Å². The molecule has 2 amide bonds. The van der Waals surface area contributed by atoms with E-state index in [1.807, 2.05) is 61.7 Å². The van der Waals surface area contributed by atoms with Crippen molar-refractivity contribution < 1.29 is 14.0 Å². The zero-order valence-electron chi connectivity index (χ0n) is 19.0. The summed E-state index contributed by atoms with van der Waals surface area (Å²) in [5.41, 5.74) is 2.71. The third-order valence-electron chi connectivity index (χ3n) is 6.04. The van der Waals surface area contributed by atoms with Gasteiger partial charge in [0, 0.05) is 11.3 Å².